The van der Waals surface area contributed by atoms with E-state index in [-0.39, 0.29) is 0 Å². The second kappa shape index (κ2) is 6.42. The molecule has 0 unspecified atom stereocenters. The van der Waals surface area contributed by atoms with E-state index in [1.807, 2.05) is 0 Å². The molecule has 1 aromatic rings. The highest BCUT2D eigenvalue weighted by Gasteiger charge is 2.62. The van der Waals surface area contributed by atoms with Crippen LogP contribution >= 0.6 is 0 Å². The molecule has 0 amide bonds. The molecule has 1 aromatic carbocycles. The summed E-state index contributed by atoms with van der Waals surface area (Å²) in [5.41, 5.74) is 0. The fraction of sp³-hybridized carbons (Fsp3) is 0.632. The van der Waals surface area contributed by atoms with Crippen LogP contribution in [-0.4, -0.2) is 55.4 Å². The maximum absolute atomic E-state index is 12.9. The molecule has 0 N–H and O–H groups in total. The Morgan fingerprint density at radius 3 is 2.19 bits per heavy atom. The van der Waals surface area contributed by atoms with Crippen LogP contribution in [0.3, 0.4) is 0 Å². The molecule has 5 atom stereocenters. The maximum atomic E-state index is 12.9. The Labute approximate surface area is 157 Å². The van der Waals surface area contributed by atoms with Crippen LogP contribution in [0.2, 0.25) is 0 Å². The van der Waals surface area contributed by atoms with E-state index in [0.29, 0.717) is 11.5 Å². The van der Waals surface area contributed by atoms with Crippen molar-refractivity contribution in [1.29, 1.82) is 0 Å². The van der Waals surface area contributed by atoms with Gasteiger partial charge >= 0.3 is 5.97 Å². The molecular weight excluding hydrogens is 356 g/mol. The number of ether oxygens (including phenoxy) is 7. The van der Waals surface area contributed by atoms with Gasteiger partial charge < -0.3 is 33.2 Å². The van der Waals surface area contributed by atoms with Crippen molar-refractivity contribution in [3.8, 4) is 11.5 Å². The molecule has 0 bridgehead atoms. The van der Waals surface area contributed by atoms with Crippen LogP contribution in [0, 0.1) is 0 Å². The van der Waals surface area contributed by atoms with E-state index in [1.54, 1.807) is 52.0 Å². The number of rotatable bonds is 3. The monoisotopic (exact) mass is 380 g/mol. The smallest absolute Gasteiger partial charge is 0.343 e. The van der Waals surface area contributed by atoms with E-state index in [0.717, 1.165) is 0 Å². The molecule has 3 saturated heterocycles. The third kappa shape index (κ3) is 3.43. The van der Waals surface area contributed by atoms with Crippen molar-refractivity contribution in [2.75, 3.05) is 7.11 Å². The van der Waals surface area contributed by atoms with E-state index >= 15 is 0 Å². The number of hydrogen-bond donors (Lipinski definition) is 0. The summed E-state index contributed by atoms with van der Waals surface area (Å²) in [4.78, 5) is 12.9. The molecule has 0 spiro atoms. The molecule has 3 aliphatic rings. The summed E-state index contributed by atoms with van der Waals surface area (Å²) in [5, 5.41) is 0. The minimum Gasteiger partial charge on any atom is -0.493 e. The molecule has 8 heteroatoms. The van der Waals surface area contributed by atoms with Gasteiger partial charge in [0.05, 0.1) is 7.11 Å². The zero-order valence-corrected chi connectivity index (χ0v) is 16.0. The van der Waals surface area contributed by atoms with Crippen LogP contribution in [0.5, 0.6) is 11.5 Å². The molecule has 0 radical (unpaired) electrons. The minimum absolute atomic E-state index is 0.300. The van der Waals surface area contributed by atoms with Crippen LogP contribution in [0.4, 0.5) is 0 Å². The van der Waals surface area contributed by atoms with Gasteiger partial charge in [-0.2, -0.15) is 0 Å². The minimum atomic E-state index is -1.03. The Morgan fingerprint density at radius 2 is 1.48 bits per heavy atom. The topological polar surface area (TPSA) is 81.7 Å². The number of carbonyl (C=O) groups is 1. The lowest BCUT2D eigenvalue weighted by molar-refractivity contribution is -0.236. The lowest BCUT2D eigenvalue weighted by Gasteiger charge is -2.35. The number of esters is 1. The SMILES string of the molecule is COc1ccccc1OC(=O)[C@H]1O[C@H]2OC(C)(C)O[C@@H]2[C@@H]2OC(C)(C)O[C@@H]21. The number of fused-ring (bicyclic) bond motifs is 3. The molecular formula is C19H24O8. The Balaban J connectivity index is 1.59. The Kier molecular flexibility index (Phi) is 4.44. The van der Waals surface area contributed by atoms with Gasteiger partial charge in [0.1, 0.15) is 18.3 Å². The summed E-state index contributed by atoms with van der Waals surface area (Å²) in [7, 11) is 1.51. The van der Waals surface area contributed by atoms with Gasteiger partial charge in [0.2, 0.25) is 0 Å². The van der Waals surface area contributed by atoms with Crippen LogP contribution in [0.1, 0.15) is 27.7 Å². The quantitative estimate of drug-likeness (QED) is 0.582. The maximum Gasteiger partial charge on any atom is 0.343 e. The van der Waals surface area contributed by atoms with Gasteiger partial charge in [-0.1, -0.05) is 12.1 Å². The molecule has 8 nitrogen and oxygen atoms in total. The molecule has 3 aliphatic heterocycles. The average Bonchev–Trinajstić information content (AvgIpc) is 3.08. The summed E-state index contributed by atoms with van der Waals surface area (Å²) >= 11 is 0. The molecule has 0 aromatic heterocycles. The highest BCUT2D eigenvalue weighted by Crippen LogP contribution is 2.44. The molecule has 3 fully saturated rings. The zero-order chi connectivity index (χ0) is 19.4. The van der Waals surface area contributed by atoms with Crippen molar-refractivity contribution in [2.45, 2.75) is 70.0 Å². The molecule has 0 saturated carbocycles. The second-order valence-electron chi connectivity index (χ2n) is 7.66. The zero-order valence-electron chi connectivity index (χ0n) is 16.0. The predicted molar refractivity (Wildman–Crippen MR) is 91.2 cm³/mol. The van der Waals surface area contributed by atoms with E-state index in [9.17, 15) is 4.79 Å². The van der Waals surface area contributed by atoms with Crippen LogP contribution in [0.25, 0.3) is 0 Å². The summed E-state index contributed by atoms with van der Waals surface area (Å²) in [5.74, 6) is -1.59. The van der Waals surface area contributed by atoms with Crippen molar-refractivity contribution in [1.82, 2.24) is 0 Å². The van der Waals surface area contributed by atoms with Crippen LogP contribution in [-0.2, 0) is 28.5 Å². The van der Waals surface area contributed by atoms with Crippen molar-refractivity contribution < 1.29 is 38.0 Å². The fourth-order valence-corrected chi connectivity index (χ4v) is 3.67. The third-order valence-corrected chi connectivity index (χ3v) is 4.67. The highest BCUT2D eigenvalue weighted by molar-refractivity contribution is 5.79. The lowest BCUT2D eigenvalue weighted by atomic mass is 9.99. The van der Waals surface area contributed by atoms with E-state index in [1.165, 1.54) is 7.11 Å². The summed E-state index contributed by atoms with van der Waals surface area (Å²) < 4.78 is 40.3. The molecule has 27 heavy (non-hydrogen) atoms. The largest absolute Gasteiger partial charge is 0.493 e. The van der Waals surface area contributed by atoms with Crippen molar-refractivity contribution in [3.63, 3.8) is 0 Å². The molecule has 3 heterocycles. The Morgan fingerprint density at radius 1 is 0.889 bits per heavy atom. The van der Waals surface area contributed by atoms with E-state index in [4.69, 9.17) is 33.2 Å². The molecule has 148 valence electrons. The van der Waals surface area contributed by atoms with Gasteiger partial charge in [-0.15, -0.1) is 0 Å². The number of benzene rings is 1. The second-order valence-corrected chi connectivity index (χ2v) is 7.66. The Hall–Kier alpha value is -1.71. The lowest BCUT2D eigenvalue weighted by Crippen LogP contribution is -2.58. The summed E-state index contributed by atoms with van der Waals surface area (Å²) in [6.07, 6.45) is -3.48. The first-order valence-corrected chi connectivity index (χ1v) is 8.90. The Bertz CT molecular complexity index is 730. The van der Waals surface area contributed by atoms with Gasteiger partial charge in [0.15, 0.2) is 35.5 Å². The van der Waals surface area contributed by atoms with Crippen molar-refractivity contribution >= 4 is 5.97 Å². The van der Waals surface area contributed by atoms with Crippen molar-refractivity contribution in [3.05, 3.63) is 24.3 Å². The van der Waals surface area contributed by atoms with E-state index in [2.05, 4.69) is 0 Å². The summed E-state index contributed by atoms with van der Waals surface area (Å²) in [6.45, 7) is 7.13. The summed E-state index contributed by atoms with van der Waals surface area (Å²) in [6, 6.07) is 6.89. The fourth-order valence-electron chi connectivity index (χ4n) is 3.67. The van der Waals surface area contributed by atoms with Gasteiger partial charge in [0, 0.05) is 0 Å². The van der Waals surface area contributed by atoms with Gasteiger partial charge in [-0.05, 0) is 39.8 Å². The number of para-hydroxylation sites is 2. The average molecular weight is 380 g/mol. The van der Waals surface area contributed by atoms with Gasteiger partial charge in [-0.25, -0.2) is 4.79 Å². The number of carbonyl (C=O) groups excluding carboxylic acids is 1. The highest BCUT2D eigenvalue weighted by atomic mass is 16.9. The first kappa shape index (κ1) is 18.6. The number of hydrogen-bond acceptors (Lipinski definition) is 8. The van der Waals surface area contributed by atoms with E-state index < -0.39 is 48.2 Å². The van der Waals surface area contributed by atoms with Gasteiger partial charge in [-0.3, -0.25) is 0 Å². The third-order valence-electron chi connectivity index (χ3n) is 4.67. The van der Waals surface area contributed by atoms with Crippen molar-refractivity contribution in [2.24, 2.45) is 0 Å². The number of methoxy groups -OCH3 is 1. The normalized spacial score (nSPS) is 36.0. The predicted octanol–water partition coefficient (Wildman–Crippen LogP) is 2.00. The van der Waals surface area contributed by atoms with Gasteiger partial charge in [0.25, 0.3) is 0 Å². The standard InChI is InChI=1S/C19H24O8/c1-18(2)24-12-13(25-18)15-17(27-19(3,4)26-15)23-14(12)16(20)22-11-9-7-6-8-10(11)21-5/h6-9,12-15,17H,1-5H3/t12-,13+,14-,15+,17-/m0/s1. The first-order chi connectivity index (χ1) is 12.7. The van der Waals surface area contributed by atoms with Crippen LogP contribution in [0.15, 0.2) is 24.3 Å². The molecule has 0 aliphatic carbocycles. The molecule has 4 rings (SSSR count). The first-order valence-electron chi connectivity index (χ1n) is 8.90. The van der Waals surface area contributed by atoms with Crippen LogP contribution < -0.4 is 9.47 Å².